The van der Waals surface area contributed by atoms with Crippen LogP contribution in [0, 0.1) is 0 Å². The zero-order chi connectivity index (χ0) is 30.5. The first-order chi connectivity index (χ1) is 19.8. The fourth-order valence-electron chi connectivity index (χ4n) is 4.72. The van der Waals surface area contributed by atoms with Crippen molar-refractivity contribution in [2.24, 2.45) is 0 Å². The lowest BCUT2D eigenvalue weighted by molar-refractivity contribution is -0.273. The molecule has 15 heteroatoms. The molecule has 0 aliphatic carbocycles. The van der Waals surface area contributed by atoms with E-state index in [4.69, 9.17) is 23.4 Å². The van der Waals surface area contributed by atoms with E-state index in [1.807, 2.05) is 0 Å². The van der Waals surface area contributed by atoms with Crippen molar-refractivity contribution in [3.63, 3.8) is 0 Å². The predicted molar refractivity (Wildman–Crippen MR) is 138 cm³/mol. The van der Waals surface area contributed by atoms with E-state index in [2.05, 4.69) is 0 Å². The Morgan fingerprint density at radius 2 is 1.64 bits per heavy atom. The van der Waals surface area contributed by atoms with Crippen molar-refractivity contribution >= 4 is 16.8 Å². The predicted octanol–water partition coefficient (Wildman–Crippen LogP) is -0.450. The molecule has 5 rings (SSSR count). The van der Waals surface area contributed by atoms with Crippen LogP contribution in [0.3, 0.4) is 0 Å². The average Bonchev–Trinajstić information content (AvgIpc) is 2.93. The molecule has 3 heterocycles. The molecule has 0 saturated carbocycles. The fraction of sp³-hybridized carbons (Fsp3) is 0.407. The highest BCUT2D eigenvalue weighted by molar-refractivity contribution is 5.89. The number of fused-ring (bicyclic) bond motifs is 1. The second kappa shape index (κ2) is 11.4. The van der Waals surface area contributed by atoms with Gasteiger partial charge < -0.3 is 64.2 Å². The minimum Gasteiger partial charge on any atom is -0.508 e. The summed E-state index contributed by atoms with van der Waals surface area (Å²) in [6.07, 6.45) is -11.6. The highest BCUT2D eigenvalue weighted by atomic mass is 16.7. The van der Waals surface area contributed by atoms with Gasteiger partial charge in [0.2, 0.25) is 17.5 Å². The Morgan fingerprint density at radius 1 is 0.905 bits per heavy atom. The summed E-state index contributed by atoms with van der Waals surface area (Å²) in [6.45, 7) is 1.02. The number of ketones is 1. The normalized spacial score (nSPS) is 30.0. The number of phenolic OH excluding ortho intramolecular Hbond substituents is 4. The average molecular weight is 593 g/mol. The molecule has 226 valence electrons. The lowest BCUT2D eigenvalue weighted by Gasteiger charge is -2.38. The summed E-state index contributed by atoms with van der Waals surface area (Å²) in [6, 6.07) is 5.26. The summed E-state index contributed by atoms with van der Waals surface area (Å²) >= 11 is 0. The molecular formula is C27H28O15. The summed E-state index contributed by atoms with van der Waals surface area (Å²) < 4.78 is 28.0. The quantitative estimate of drug-likeness (QED) is 0.169. The third kappa shape index (κ3) is 5.46. The van der Waals surface area contributed by atoms with E-state index in [0.717, 1.165) is 24.3 Å². The SMILES string of the molecule is C[C@@H]1OC(OC[C@H]2O[C@@H](Oc3c(-c4ccc(O)c(O)c4)oc4cc(O)cc(O)c4c3=O)[C@H](O)C(=O)[C@@H]2O)C[C@H](O)[C@H]1O. The molecule has 0 amide bonds. The third-order valence-corrected chi connectivity index (χ3v) is 7.01. The van der Waals surface area contributed by atoms with Crippen LogP contribution >= 0.6 is 0 Å². The highest BCUT2D eigenvalue weighted by Gasteiger charge is 2.46. The van der Waals surface area contributed by atoms with E-state index in [9.17, 15) is 50.4 Å². The molecule has 1 aromatic heterocycles. The molecule has 42 heavy (non-hydrogen) atoms. The number of Topliss-reactive ketones (excluding diaryl/α,β-unsaturated/α-hetero) is 1. The van der Waals surface area contributed by atoms with Crippen molar-refractivity contribution in [1.29, 1.82) is 0 Å². The Labute approximate surface area is 235 Å². The largest absolute Gasteiger partial charge is 0.508 e. The Balaban J connectivity index is 1.48. The van der Waals surface area contributed by atoms with Crippen LogP contribution in [-0.4, -0.2) is 102 Å². The molecule has 2 aliphatic rings. The molecule has 15 nitrogen and oxygen atoms in total. The van der Waals surface area contributed by atoms with Crippen LogP contribution < -0.4 is 10.2 Å². The Bertz CT molecular complexity index is 1540. The van der Waals surface area contributed by atoms with Gasteiger partial charge in [-0.3, -0.25) is 9.59 Å². The van der Waals surface area contributed by atoms with Crippen LogP contribution in [0.4, 0.5) is 0 Å². The van der Waals surface area contributed by atoms with Crippen molar-refractivity contribution < 1.29 is 69.0 Å². The number of aliphatic hydroxyl groups is 4. The van der Waals surface area contributed by atoms with Gasteiger partial charge in [-0.05, 0) is 25.1 Å². The maximum absolute atomic E-state index is 13.5. The van der Waals surface area contributed by atoms with Crippen LogP contribution in [0.5, 0.6) is 28.7 Å². The molecule has 2 aliphatic heterocycles. The molecule has 0 bridgehead atoms. The molecule has 8 atom stereocenters. The van der Waals surface area contributed by atoms with Gasteiger partial charge >= 0.3 is 0 Å². The van der Waals surface area contributed by atoms with Crippen LogP contribution in [0.25, 0.3) is 22.3 Å². The zero-order valence-electron chi connectivity index (χ0n) is 21.9. The molecule has 3 aromatic rings. The van der Waals surface area contributed by atoms with Gasteiger partial charge in [0.15, 0.2) is 35.4 Å². The number of benzene rings is 2. The van der Waals surface area contributed by atoms with Crippen LogP contribution in [0.2, 0.25) is 0 Å². The van der Waals surface area contributed by atoms with Gasteiger partial charge in [0.1, 0.15) is 40.8 Å². The van der Waals surface area contributed by atoms with Gasteiger partial charge in [0, 0.05) is 24.1 Å². The number of carbonyl (C=O) groups excluding carboxylic acids is 1. The smallest absolute Gasteiger partial charge is 0.239 e. The molecule has 2 aromatic carbocycles. The first-order valence-electron chi connectivity index (χ1n) is 12.8. The van der Waals surface area contributed by atoms with Gasteiger partial charge in [-0.25, -0.2) is 0 Å². The van der Waals surface area contributed by atoms with Crippen molar-refractivity contribution in [1.82, 2.24) is 0 Å². The van der Waals surface area contributed by atoms with Gasteiger partial charge in [0.05, 0.1) is 18.8 Å². The second-order valence-electron chi connectivity index (χ2n) is 9.98. The van der Waals surface area contributed by atoms with Gasteiger partial charge in [-0.2, -0.15) is 0 Å². The Morgan fingerprint density at radius 3 is 2.33 bits per heavy atom. The monoisotopic (exact) mass is 592 g/mol. The summed E-state index contributed by atoms with van der Waals surface area (Å²) in [5, 5.41) is 80.4. The summed E-state index contributed by atoms with van der Waals surface area (Å²) in [5.74, 6) is -4.43. The van der Waals surface area contributed by atoms with Crippen molar-refractivity contribution in [3.8, 4) is 40.1 Å². The molecule has 2 saturated heterocycles. The molecule has 8 N–H and O–H groups in total. The van der Waals surface area contributed by atoms with Crippen LogP contribution in [0.15, 0.2) is 39.5 Å². The lowest BCUT2D eigenvalue weighted by atomic mass is 10.0. The maximum Gasteiger partial charge on any atom is 0.239 e. The minimum absolute atomic E-state index is 0.0250. The number of hydrogen-bond acceptors (Lipinski definition) is 15. The van der Waals surface area contributed by atoms with E-state index in [1.165, 1.54) is 13.0 Å². The number of ether oxygens (including phenoxy) is 4. The molecule has 0 radical (unpaired) electrons. The number of hydrogen-bond donors (Lipinski definition) is 8. The first-order valence-corrected chi connectivity index (χ1v) is 12.8. The second-order valence-corrected chi connectivity index (χ2v) is 9.98. The zero-order valence-corrected chi connectivity index (χ0v) is 21.9. The van der Waals surface area contributed by atoms with Crippen LogP contribution in [0.1, 0.15) is 13.3 Å². The maximum atomic E-state index is 13.5. The number of phenols is 4. The van der Waals surface area contributed by atoms with E-state index in [0.29, 0.717) is 0 Å². The van der Waals surface area contributed by atoms with Crippen molar-refractivity contribution in [3.05, 3.63) is 40.6 Å². The van der Waals surface area contributed by atoms with E-state index >= 15 is 0 Å². The van der Waals surface area contributed by atoms with E-state index < -0.39 is 107 Å². The van der Waals surface area contributed by atoms with Gasteiger partial charge in [0.25, 0.3) is 0 Å². The van der Waals surface area contributed by atoms with E-state index in [-0.39, 0.29) is 17.6 Å². The number of aliphatic hydroxyl groups excluding tert-OH is 4. The van der Waals surface area contributed by atoms with E-state index in [1.54, 1.807) is 0 Å². The third-order valence-electron chi connectivity index (χ3n) is 7.01. The summed E-state index contributed by atoms with van der Waals surface area (Å²) in [7, 11) is 0. The highest BCUT2D eigenvalue weighted by Crippen LogP contribution is 2.39. The Hall–Kier alpha value is -3.96. The van der Waals surface area contributed by atoms with Crippen LogP contribution in [-0.2, 0) is 19.0 Å². The van der Waals surface area contributed by atoms with Gasteiger partial charge in [-0.15, -0.1) is 0 Å². The number of rotatable bonds is 6. The first kappa shape index (κ1) is 29.5. The van der Waals surface area contributed by atoms with Crippen molar-refractivity contribution in [2.75, 3.05) is 6.61 Å². The molecule has 2 fully saturated rings. The summed E-state index contributed by atoms with van der Waals surface area (Å²) in [5.41, 5.74) is -1.33. The molecule has 1 unspecified atom stereocenters. The number of aromatic hydroxyl groups is 4. The lowest BCUT2D eigenvalue weighted by Crippen LogP contribution is -2.58. The topological polar surface area (TPSA) is 246 Å². The standard InChI is InChI=1S/C27H28O15/c1-9-20(33)15(32)7-18(39-9)38-8-17-21(34)23(36)24(37)27(41-17)42-26-22(35)19-14(31)5-11(28)6-16(19)40-25(26)10-2-3-12(29)13(30)4-10/h2-6,9,15,17-18,20-21,24,27-34,37H,7-8H2,1H3/t9-,15-,17+,18?,20-,21+,24+,27-/m0/s1. The summed E-state index contributed by atoms with van der Waals surface area (Å²) in [4.78, 5) is 26.2. The molecular weight excluding hydrogens is 564 g/mol. The van der Waals surface area contributed by atoms with Gasteiger partial charge in [-0.1, -0.05) is 0 Å². The minimum atomic E-state index is -2.11. The number of carbonyl (C=O) groups is 1. The Kier molecular flexibility index (Phi) is 8.00. The van der Waals surface area contributed by atoms with Crippen molar-refractivity contribution in [2.45, 2.75) is 62.5 Å². The molecule has 0 spiro atoms. The fourth-order valence-corrected chi connectivity index (χ4v) is 4.72.